The van der Waals surface area contributed by atoms with Crippen molar-refractivity contribution in [1.82, 2.24) is 10.9 Å². The van der Waals surface area contributed by atoms with Gasteiger partial charge in [0.05, 0.1) is 23.8 Å². The first-order valence-corrected chi connectivity index (χ1v) is 11.0. The first-order chi connectivity index (χ1) is 14.4. The van der Waals surface area contributed by atoms with Gasteiger partial charge in [0.15, 0.2) is 0 Å². The molecule has 162 valence electrons. The van der Waals surface area contributed by atoms with E-state index in [1.54, 1.807) is 36.4 Å². The third-order valence-corrected chi connectivity index (χ3v) is 4.98. The van der Waals surface area contributed by atoms with Crippen molar-refractivity contribution in [2.24, 2.45) is 0 Å². The summed E-state index contributed by atoms with van der Waals surface area (Å²) in [4.78, 5) is 24.5. The largest absolute Gasteiger partial charge is 0.493 e. The Hall–Kier alpha value is -1.96. The summed E-state index contributed by atoms with van der Waals surface area (Å²) in [7, 11) is 0. The third-order valence-electron chi connectivity index (χ3n) is 3.96. The van der Waals surface area contributed by atoms with Gasteiger partial charge >= 0.3 is 0 Å². The molecule has 0 aromatic heterocycles. The number of carbonyl (C=O) groups is 2. The molecule has 2 rings (SSSR count). The standard InChI is InChI=1S/C21H23BrCl2N2O4/c1-2-3-10-29-18-8-6-14(22)12-16(18)21(28)26-25-20(27)5-4-11-30-19-9-7-15(23)13-17(19)24/h6-9,12-13H,2-5,10-11H2,1H3,(H,25,27)(H,26,28). The number of hydrazine groups is 1. The molecular weight excluding hydrogens is 495 g/mol. The van der Waals surface area contributed by atoms with Crippen LogP contribution in [0.4, 0.5) is 0 Å². The number of amides is 2. The maximum atomic E-state index is 12.5. The van der Waals surface area contributed by atoms with Crippen LogP contribution in [0.25, 0.3) is 0 Å². The Labute approximate surface area is 194 Å². The highest BCUT2D eigenvalue weighted by Crippen LogP contribution is 2.27. The lowest BCUT2D eigenvalue weighted by atomic mass is 10.2. The second-order valence-corrected chi connectivity index (χ2v) is 8.13. The molecule has 0 aliphatic rings. The first-order valence-electron chi connectivity index (χ1n) is 9.50. The topological polar surface area (TPSA) is 76.7 Å². The first kappa shape index (κ1) is 24.3. The van der Waals surface area contributed by atoms with E-state index in [-0.39, 0.29) is 12.3 Å². The van der Waals surface area contributed by atoms with Crippen LogP contribution in [-0.4, -0.2) is 25.0 Å². The van der Waals surface area contributed by atoms with Crippen LogP contribution >= 0.6 is 39.1 Å². The Morgan fingerprint density at radius 3 is 2.40 bits per heavy atom. The van der Waals surface area contributed by atoms with Gasteiger partial charge < -0.3 is 9.47 Å². The van der Waals surface area contributed by atoms with Crippen molar-refractivity contribution in [3.8, 4) is 11.5 Å². The number of benzene rings is 2. The van der Waals surface area contributed by atoms with Gasteiger partial charge in [-0.25, -0.2) is 0 Å². The number of hydrogen-bond acceptors (Lipinski definition) is 4. The quantitative estimate of drug-likeness (QED) is 0.319. The van der Waals surface area contributed by atoms with Gasteiger partial charge in [-0.2, -0.15) is 0 Å². The lowest BCUT2D eigenvalue weighted by molar-refractivity contribution is -0.122. The Bertz CT molecular complexity index is 880. The molecule has 6 nitrogen and oxygen atoms in total. The van der Waals surface area contributed by atoms with Crippen molar-refractivity contribution in [2.45, 2.75) is 32.6 Å². The molecule has 0 radical (unpaired) electrons. The highest BCUT2D eigenvalue weighted by molar-refractivity contribution is 9.10. The van der Waals surface area contributed by atoms with Crippen LogP contribution in [0.2, 0.25) is 10.0 Å². The lowest BCUT2D eigenvalue weighted by Gasteiger charge is -2.13. The lowest BCUT2D eigenvalue weighted by Crippen LogP contribution is -2.41. The smallest absolute Gasteiger partial charge is 0.273 e. The van der Waals surface area contributed by atoms with E-state index in [1.165, 1.54) is 0 Å². The second kappa shape index (κ2) is 12.7. The maximum Gasteiger partial charge on any atom is 0.273 e. The molecule has 0 saturated heterocycles. The van der Waals surface area contributed by atoms with Crippen LogP contribution in [0.15, 0.2) is 40.9 Å². The van der Waals surface area contributed by atoms with Gasteiger partial charge in [-0.3, -0.25) is 20.4 Å². The number of carbonyl (C=O) groups excluding carboxylic acids is 2. The predicted molar refractivity (Wildman–Crippen MR) is 121 cm³/mol. The number of rotatable bonds is 10. The highest BCUT2D eigenvalue weighted by atomic mass is 79.9. The van der Waals surface area contributed by atoms with Gasteiger partial charge in [-0.05, 0) is 49.2 Å². The van der Waals surface area contributed by atoms with Crippen LogP contribution in [0.5, 0.6) is 11.5 Å². The van der Waals surface area contributed by atoms with Gasteiger partial charge in [0.25, 0.3) is 5.91 Å². The van der Waals surface area contributed by atoms with E-state index in [1.807, 2.05) is 0 Å². The Balaban J connectivity index is 1.77. The van der Waals surface area contributed by atoms with Gasteiger partial charge in [0.1, 0.15) is 11.5 Å². The minimum Gasteiger partial charge on any atom is -0.493 e. The highest BCUT2D eigenvalue weighted by Gasteiger charge is 2.14. The Morgan fingerprint density at radius 1 is 0.967 bits per heavy atom. The van der Waals surface area contributed by atoms with E-state index < -0.39 is 5.91 Å². The summed E-state index contributed by atoms with van der Waals surface area (Å²) in [6.45, 7) is 2.87. The van der Waals surface area contributed by atoms with E-state index in [9.17, 15) is 9.59 Å². The molecule has 2 amide bonds. The molecule has 0 bridgehead atoms. The summed E-state index contributed by atoms with van der Waals surface area (Å²) in [6, 6.07) is 10.1. The number of unbranched alkanes of at least 4 members (excludes halogenated alkanes) is 1. The number of halogens is 3. The Kier molecular flexibility index (Phi) is 10.3. The molecular formula is C21H23BrCl2N2O4. The molecule has 0 fully saturated rings. The van der Waals surface area contributed by atoms with Crippen molar-refractivity contribution in [3.63, 3.8) is 0 Å². The van der Waals surface area contributed by atoms with E-state index in [0.29, 0.717) is 46.7 Å². The molecule has 9 heteroatoms. The van der Waals surface area contributed by atoms with Crippen LogP contribution in [0.3, 0.4) is 0 Å². The predicted octanol–water partition coefficient (Wildman–Crippen LogP) is 5.56. The molecule has 0 aliphatic carbocycles. The van der Waals surface area contributed by atoms with Gasteiger partial charge in [-0.1, -0.05) is 52.5 Å². The molecule has 0 heterocycles. The number of hydrogen-bond donors (Lipinski definition) is 2. The summed E-state index contributed by atoms with van der Waals surface area (Å²) in [5.74, 6) is 0.171. The van der Waals surface area contributed by atoms with E-state index in [0.717, 1.165) is 17.3 Å². The minimum atomic E-state index is -0.458. The zero-order valence-corrected chi connectivity index (χ0v) is 19.6. The summed E-state index contributed by atoms with van der Waals surface area (Å²) < 4.78 is 11.9. The summed E-state index contributed by atoms with van der Waals surface area (Å²) in [6.07, 6.45) is 2.49. The summed E-state index contributed by atoms with van der Waals surface area (Å²) in [5.41, 5.74) is 5.15. The van der Waals surface area contributed by atoms with Crippen LogP contribution in [0, 0.1) is 0 Å². The molecule has 2 N–H and O–H groups in total. The van der Waals surface area contributed by atoms with Crippen molar-refractivity contribution in [3.05, 3.63) is 56.5 Å². The average Bonchev–Trinajstić information content (AvgIpc) is 2.72. The maximum absolute atomic E-state index is 12.5. The van der Waals surface area contributed by atoms with Gasteiger partial charge in [0.2, 0.25) is 5.91 Å². The average molecular weight is 518 g/mol. The molecule has 30 heavy (non-hydrogen) atoms. The fourth-order valence-electron chi connectivity index (χ4n) is 2.40. The molecule has 0 atom stereocenters. The van der Waals surface area contributed by atoms with Gasteiger partial charge in [-0.15, -0.1) is 0 Å². The zero-order chi connectivity index (χ0) is 21.9. The van der Waals surface area contributed by atoms with Crippen LogP contribution < -0.4 is 20.3 Å². The number of nitrogens with one attached hydrogen (secondary N) is 2. The van der Waals surface area contributed by atoms with Crippen LogP contribution in [0.1, 0.15) is 43.0 Å². The summed E-state index contributed by atoms with van der Waals surface area (Å²) >= 11 is 15.2. The molecule has 0 saturated carbocycles. The normalized spacial score (nSPS) is 10.4. The van der Waals surface area contributed by atoms with Gasteiger partial charge in [0, 0.05) is 15.9 Å². The van der Waals surface area contributed by atoms with Crippen molar-refractivity contribution < 1.29 is 19.1 Å². The fourth-order valence-corrected chi connectivity index (χ4v) is 3.22. The molecule has 0 aliphatic heterocycles. The van der Waals surface area contributed by atoms with E-state index >= 15 is 0 Å². The Morgan fingerprint density at radius 2 is 1.67 bits per heavy atom. The van der Waals surface area contributed by atoms with Crippen molar-refractivity contribution >= 4 is 50.9 Å². The third kappa shape index (κ3) is 8.05. The molecule has 0 unspecified atom stereocenters. The van der Waals surface area contributed by atoms with Crippen molar-refractivity contribution in [2.75, 3.05) is 13.2 Å². The molecule has 2 aromatic carbocycles. The van der Waals surface area contributed by atoms with Crippen LogP contribution in [-0.2, 0) is 4.79 Å². The van der Waals surface area contributed by atoms with E-state index in [4.69, 9.17) is 32.7 Å². The van der Waals surface area contributed by atoms with Crippen molar-refractivity contribution in [1.29, 1.82) is 0 Å². The zero-order valence-electron chi connectivity index (χ0n) is 16.5. The monoisotopic (exact) mass is 516 g/mol. The summed E-state index contributed by atoms with van der Waals surface area (Å²) in [5, 5.41) is 0.928. The number of ether oxygens (including phenoxy) is 2. The fraction of sp³-hybridized carbons (Fsp3) is 0.333. The SMILES string of the molecule is CCCCOc1ccc(Br)cc1C(=O)NNC(=O)CCCOc1ccc(Cl)cc1Cl. The van der Waals surface area contributed by atoms with E-state index in [2.05, 4.69) is 33.7 Å². The molecule has 0 spiro atoms. The minimum absolute atomic E-state index is 0.170. The molecule has 2 aromatic rings. The second-order valence-electron chi connectivity index (χ2n) is 6.37.